The van der Waals surface area contributed by atoms with Gasteiger partial charge in [-0.25, -0.2) is 4.39 Å². The zero-order valence-electron chi connectivity index (χ0n) is 11.5. The Balaban J connectivity index is 1.91. The number of carbonyl (C=O) groups is 1. The van der Waals surface area contributed by atoms with Crippen molar-refractivity contribution in [2.45, 2.75) is 51.2 Å². The lowest BCUT2D eigenvalue weighted by Crippen LogP contribution is -2.43. The van der Waals surface area contributed by atoms with Crippen LogP contribution in [0.15, 0.2) is 22.7 Å². The van der Waals surface area contributed by atoms with Gasteiger partial charge < -0.3 is 10.1 Å². The van der Waals surface area contributed by atoms with Gasteiger partial charge in [0.15, 0.2) is 6.10 Å². The smallest absolute Gasteiger partial charge is 0.260 e. The van der Waals surface area contributed by atoms with E-state index in [9.17, 15) is 9.18 Å². The molecule has 0 aromatic heterocycles. The molecule has 1 aliphatic rings. The monoisotopic (exact) mass is 343 g/mol. The van der Waals surface area contributed by atoms with Crippen LogP contribution in [-0.4, -0.2) is 18.1 Å². The topological polar surface area (TPSA) is 38.3 Å². The van der Waals surface area contributed by atoms with Crippen LogP contribution >= 0.6 is 15.9 Å². The predicted molar refractivity (Wildman–Crippen MR) is 79.2 cm³/mol. The lowest BCUT2D eigenvalue weighted by Gasteiger charge is -2.24. The number of nitrogens with one attached hydrogen (secondary N) is 1. The highest BCUT2D eigenvalue weighted by Gasteiger charge is 2.21. The molecule has 1 N–H and O–H groups in total. The summed E-state index contributed by atoms with van der Waals surface area (Å²) in [5.74, 6) is -0.188. The van der Waals surface area contributed by atoms with Gasteiger partial charge in [-0.05, 0) is 47.8 Å². The van der Waals surface area contributed by atoms with Crippen molar-refractivity contribution in [2.75, 3.05) is 0 Å². The number of rotatable bonds is 4. The molecule has 0 heterocycles. The summed E-state index contributed by atoms with van der Waals surface area (Å²) in [6.45, 7) is 1.68. The van der Waals surface area contributed by atoms with Gasteiger partial charge >= 0.3 is 0 Å². The van der Waals surface area contributed by atoms with Crippen molar-refractivity contribution in [3.63, 3.8) is 0 Å². The Bertz CT molecular complexity index is 475. The number of benzene rings is 1. The number of amides is 1. The number of carbonyl (C=O) groups excluding carboxylic acids is 1. The molecule has 2 rings (SSSR count). The summed E-state index contributed by atoms with van der Waals surface area (Å²) in [6, 6.07) is 4.42. The maximum absolute atomic E-state index is 13.2. The van der Waals surface area contributed by atoms with Gasteiger partial charge in [0.25, 0.3) is 5.91 Å². The van der Waals surface area contributed by atoms with Gasteiger partial charge in [0.2, 0.25) is 0 Å². The van der Waals surface area contributed by atoms with Crippen LogP contribution in [0.2, 0.25) is 0 Å². The predicted octanol–water partition coefficient (Wildman–Crippen LogP) is 3.80. The number of hydrogen-bond donors (Lipinski definition) is 1. The molecule has 0 saturated heterocycles. The Morgan fingerprint density at radius 2 is 2.10 bits per heavy atom. The van der Waals surface area contributed by atoms with E-state index in [-0.39, 0.29) is 17.8 Å². The quantitative estimate of drug-likeness (QED) is 0.902. The highest BCUT2D eigenvalue weighted by molar-refractivity contribution is 9.10. The molecule has 20 heavy (non-hydrogen) atoms. The van der Waals surface area contributed by atoms with Crippen molar-refractivity contribution in [1.82, 2.24) is 5.32 Å². The van der Waals surface area contributed by atoms with E-state index in [1.165, 1.54) is 18.6 Å². The van der Waals surface area contributed by atoms with Crippen LogP contribution in [-0.2, 0) is 4.79 Å². The van der Waals surface area contributed by atoms with E-state index in [0.29, 0.717) is 10.2 Å². The molecule has 3 nitrogen and oxygen atoms in total. The molecular formula is C15H19BrFNO2. The number of halogens is 2. The van der Waals surface area contributed by atoms with Gasteiger partial charge in [-0.1, -0.05) is 19.3 Å². The minimum Gasteiger partial charge on any atom is -0.480 e. The Labute approximate surface area is 127 Å². The largest absolute Gasteiger partial charge is 0.480 e. The van der Waals surface area contributed by atoms with Crippen LogP contribution in [0.1, 0.15) is 39.0 Å². The second-order valence-corrected chi connectivity index (χ2v) is 6.03. The fraction of sp³-hybridized carbons (Fsp3) is 0.533. The summed E-state index contributed by atoms with van der Waals surface area (Å²) >= 11 is 3.28. The second kappa shape index (κ2) is 7.07. The van der Waals surface area contributed by atoms with Crippen LogP contribution in [0.3, 0.4) is 0 Å². The van der Waals surface area contributed by atoms with Gasteiger partial charge in [0, 0.05) is 12.1 Å². The highest BCUT2D eigenvalue weighted by atomic mass is 79.9. The van der Waals surface area contributed by atoms with Crippen molar-refractivity contribution in [3.05, 3.63) is 28.5 Å². The number of hydrogen-bond acceptors (Lipinski definition) is 2. The summed E-state index contributed by atoms with van der Waals surface area (Å²) in [5, 5.41) is 3.00. The molecule has 110 valence electrons. The molecule has 0 aliphatic heterocycles. The van der Waals surface area contributed by atoms with E-state index in [4.69, 9.17) is 4.74 Å². The van der Waals surface area contributed by atoms with Crippen LogP contribution in [0.25, 0.3) is 0 Å². The molecule has 1 aromatic rings. The third-order valence-electron chi connectivity index (χ3n) is 3.52. The molecule has 1 atom stereocenters. The molecule has 0 radical (unpaired) electrons. The van der Waals surface area contributed by atoms with Crippen molar-refractivity contribution in [1.29, 1.82) is 0 Å². The third-order valence-corrected chi connectivity index (χ3v) is 4.17. The van der Waals surface area contributed by atoms with E-state index in [2.05, 4.69) is 21.2 Å². The maximum Gasteiger partial charge on any atom is 0.260 e. The summed E-state index contributed by atoms with van der Waals surface area (Å²) in [4.78, 5) is 12.1. The van der Waals surface area contributed by atoms with Gasteiger partial charge in [0.05, 0.1) is 4.47 Å². The highest BCUT2D eigenvalue weighted by Crippen LogP contribution is 2.26. The minimum absolute atomic E-state index is 0.145. The second-order valence-electron chi connectivity index (χ2n) is 5.18. The first-order valence-electron chi connectivity index (χ1n) is 6.98. The van der Waals surface area contributed by atoms with Gasteiger partial charge in [-0.2, -0.15) is 0 Å². The fourth-order valence-corrected chi connectivity index (χ4v) is 2.72. The van der Waals surface area contributed by atoms with E-state index < -0.39 is 6.10 Å². The Kier molecular flexibility index (Phi) is 5.40. The first kappa shape index (κ1) is 15.3. The molecule has 1 aliphatic carbocycles. The molecule has 5 heteroatoms. The van der Waals surface area contributed by atoms with Gasteiger partial charge in [-0.15, -0.1) is 0 Å². The Hall–Kier alpha value is -1.10. The van der Waals surface area contributed by atoms with Crippen LogP contribution in [0.5, 0.6) is 5.75 Å². The zero-order chi connectivity index (χ0) is 14.5. The first-order valence-corrected chi connectivity index (χ1v) is 7.77. The van der Waals surface area contributed by atoms with E-state index in [1.807, 2.05) is 0 Å². The molecule has 1 aromatic carbocycles. The lowest BCUT2D eigenvalue weighted by atomic mass is 9.95. The number of ether oxygens (including phenoxy) is 1. The minimum atomic E-state index is -0.643. The summed E-state index contributed by atoms with van der Waals surface area (Å²) in [7, 11) is 0. The SMILES string of the molecule is CC(Oc1cc(F)ccc1Br)C(=O)NC1CCCCC1. The summed E-state index contributed by atoms with van der Waals surface area (Å²) < 4.78 is 19.3. The van der Waals surface area contributed by atoms with Gasteiger partial charge in [-0.3, -0.25) is 4.79 Å². The van der Waals surface area contributed by atoms with E-state index >= 15 is 0 Å². The van der Waals surface area contributed by atoms with E-state index in [1.54, 1.807) is 13.0 Å². The Morgan fingerprint density at radius 1 is 1.40 bits per heavy atom. The summed E-state index contributed by atoms with van der Waals surface area (Å²) in [5.41, 5.74) is 0. The molecule has 0 bridgehead atoms. The lowest BCUT2D eigenvalue weighted by molar-refractivity contribution is -0.128. The molecular weight excluding hydrogens is 325 g/mol. The van der Waals surface area contributed by atoms with Crippen molar-refractivity contribution >= 4 is 21.8 Å². The van der Waals surface area contributed by atoms with Crippen molar-refractivity contribution in [3.8, 4) is 5.75 Å². The van der Waals surface area contributed by atoms with Crippen molar-refractivity contribution < 1.29 is 13.9 Å². The fourth-order valence-electron chi connectivity index (χ4n) is 2.38. The molecule has 1 saturated carbocycles. The maximum atomic E-state index is 13.2. The Morgan fingerprint density at radius 3 is 2.80 bits per heavy atom. The average molecular weight is 344 g/mol. The van der Waals surface area contributed by atoms with E-state index in [0.717, 1.165) is 25.7 Å². The first-order chi connectivity index (χ1) is 9.56. The molecule has 1 amide bonds. The molecule has 1 fully saturated rings. The van der Waals surface area contributed by atoms with Crippen LogP contribution in [0.4, 0.5) is 4.39 Å². The van der Waals surface area contributed by atoms with Crippen LogP contribution < -0.4 is 10.1 Å². The van der Waals surface area contributed by atoms with Crippen molar-refractivity contribution in [2.24, 2.45) is 0 Å². The normalized spacial score (nSPS) is 17.6. The van der Waals surface area contributed by atoms with Crippen LogP contribution in [0, 0.1) is 5.82 Å². The third kappa shape index (κ3) is 4.20. The standard InChI is InChI=1S/C15H19BrFNO2/c1-10(15(19)18-12-5-3-2-4-6-12)20-14-9-11(17)7-8-13(14)16/h7-10,12H,2-6H2,1H3,(H,18,19). The average Bonchev–Trinajstić information content (AvgIpc) is 2.44. The zero-order valence-corrected chi connectivity index (χ0v) is 13.1. The molecule has 1 unspecified atom stereocenters. The van der Waals surface area contributed by atoms with Gasteiger partial charge in [0.1, 0.15) is 11.6 Å². The molecule has 0 spiro atoms. The summed E-state index contributed by atoms with van der Waals surface area (Å²) in [6.07, 6.45) is 4.99.